The molecule has 0 fully saturated rings. The summed E-state index contributed by atoms with van der Waals surface area (Å²) in [5.41, 5.74) is 0.892. The monoisotopic (exact) mass is 492 g/mol. The second-order valence-corrected chi connectivity index (χ2v) is 9.77. The lowest BCUT2D eigenvalue weighted by Crippen LogP contribution is -2.24. The number of hydrogen-bond acceptors (Lipinski definition) is 4. The van der Waals surface area contributed by atoms with Crippen LogP contribution < -0.4 is 0 Å². The zero-order chi connectivity index (χ0) is 23.6. The fraction of sp³-hybridized carbons (Fsp3) is 0.0870. The first-order chi connectivity index (χ1) is 15.7. The second kappa shape index (κ2) is 9.03. The van der Waals surface area contributed by atoms with E-state index in [-0.39, 0.29) is 16.3 Å². The van der Waals surface area contributed by atoms with Crippen LogP contribution in [0.25, 0.3) is 22.5 Å². The van der Waals surface area contributed by atoms with Crippen molar-refractivity contribution in [2.75, 3.05) is 0 Å². The molecular formula is C23H16F4N2O2S2. The van der Waals surface area contributed by atoms with Gasteiger partial charge in [0.1, 0.15) is 0 Å². The molecule has 170 valence electrons. The first kappa shape index (κ1) is 23.1. The van der Waals surface area contributed by atoms with E-state index in [9.17, 15) is 26.0 Å². The van der Waals surface area contributed by atoms with E-state index in [2.05, 4.69) is 4.98 Å². The molecule has 10 heteroatoms. The van der Waals surface area contributed by atoms with E-state index in [1.54, 1.807) is 66.7 Å². The van der Waals surface area contributed by atoms with Gasteiger partial charge in [0.2, 0.25) is 0 Å². The van der Waals surface area contributed by atoms with Crippen LogP contribution in [0.4, 0.5) is 17.6 Å². The highest BCUT2D eigenvalue weighted by molar-refractivity contribution is 8.01. The minimum absolute atomic E-state index is 0.00165. The Labute approximate surface area is 192 Å². The highest BCUT2D eigenvalue weighted by Gasteiger charge is 2.45. The number of benzene rings is 3. The summed E-state index contributed by atoms with van der Waals surface area (Å²) in [4.78, 5) is 3.96. The molecule has 0 N–H and O–H groups in total. The summed E-state index contributed by atoms with van der Waals surface area (Å²) in [5, 5.41) is -5.32. The highest BCUT2D eigenvalue weighted by atomic mass is 32.2. The average molecular weight is 493 g/mol. The summed E-state index contributed by atoms with van der Waals surface area (Å²) < 4.78 is 82.2. The SMILES string of the molecule is O=S(=O)(c1ccccc1)n1c(SC(F)(F)C(F)F)nc(-c2ccccc2)c1-c1ccccc1. The summed E-state index contributed by atoms with van der Waals surface area (Å²) in [6.45, 7) is 0. The van der Waals surface area contributed by atoms with E-state index >= 15 is 0 Å². The molecule has 0 aliphatic rings. The second-order valence-electron chi connectivity index (χ2n) is 6.87. The molecule has 0 atom stereocenters. The first-order valence-electron chi connectivity index (χ1n) is 9.61. The molecule has 0 saturated heterocycles. The van der Waals surface area contributed by atoms with Gasteiger partial charge >= 0.3 is 11.7 Å². The topological polar surface area (TPSA) is 52.0 Å². The van der Waals surface area contributed by atoms with Gasteiger partial charge in [0.05, 0.1) is 16.3 Å². The predicted molar refractivity (Wildman–Crippen MR) is 119 cm³/mol. The van der Waals surface area contributed by atoms with E-state index in [1.807, 2.05) is 0 Å². The van der Waals surface area contributed by atoms with Crippen LogP contribution in [0.1, 0.15) is 0 Å². The molecule has 4 rings (SSSR count). The summed E-state index contributed by atoms with van der Waals surface area (Å²) in [5.74, 6) is 0. The smallest absolute Gasteiger partial charge is 0.221 e. The molecular weight excluding hydrogens is 476 g/mol. The molecule has 0 aliphatic heterocycles. The molecule has 4 aromatic rings. The number of hydrogen-bond donors (Lipinski definition) is 0. The molecule has 1 heterocycles. The quantitative estimate of drug-likeness (QED) is 0.221. The third kappa shape index (κ3) is 4.53. The number of rotatable bonds is 7. The Morgan fingerprint density at radius 3 is 1.79 bits per heavy atom. The van der Waals surface area contributed by atoms with Crippen LogP contribution in [0.5, 0.6) is 0 Å². The molecule has 0 amide bonds. The molecule has 3 aromatic carbocycles. The molecule has 0 radical (unpaired) electrons. The Kier molecular flexibility index (Phi) is 6.31. The van der Waals surface area contributed by atoms with Crippen molar-refractivity contribution in [2.45, 2.75) is 21.7 Å². The molecule has 4 nitrogen and oxygen atoms in total. The fourth-order valence-electron chi connectivity index (χ4n) is 3.18. The van der Waals surface area contributed by atoms with Gasteiger partial charge in [-0.1, -0.05) is 78.9 Å². The number of thioether (sulfide) groups is 1. The van der Waals surface area contributed by atoms with Crippen LogP contribution >= 0.6 is 11.8 Å². The normalized spacial score (nSPS) is 12.3. The van der Waals surface area contributed by atoms with Crippen LogP contribution in [0.3, 0.4) is 0 Å². The third-order valence-corrected chi connectivity index (χ3v) is 7.39. The van der Waals surface area contributed by atoms with E-state index in [1.165, 1.54) is 24.3 Å². The number of imidazole rings is 1. The van der Waals surface area contributed by atoms with Gasteiger partial charge in [-0.05, 0) is 23.9 Å². The molecule has 0 bridgehead atoms. The Morgan fingerprint density at radius 2 is 1.27 bits per heavy atom. The molecule has 33 heavy (non-hydrogen) atoms. The number of alkyl halides is 4. The Hall–Kier alpha value is -3.11. The van der Waals surface area contributed by atoms with Gasteiger partial charge in [-0.15, -0.1) is 0 Å². The number of aromatic nitrogens is 2. The van der Waals surface area contributed by atoms with Crippen LogP contribution in [0, 0.1) is 0 Å². The van der Waals surface area contributed by atoms with Gasteiger partial charge in [-0.25, -0.2) is 26.2 Å². The van der Waals surface area contributed by atoms with Gasteiger partial charge in [0, 0.05) is 11.1 Å². The van der Waals surface area contributed by atoms with Gasteiger partial charge in [0.15, 0.2) is 5.16 Å². The standard InChI is InChI=1S/C23H16F4N2O2S2/c24-21(25)23(26,27)32-22-28-19(16-10-4-1-5-11-16)20(17-12-6-2-7-13-17)29(22)33(30,31)18-14-8-3-9-15-18/h1-15,21H. The van der Waals surface area contributed by atoms with Gasteiger partial charge < -0.3 is 0 Å². The van der Waals surface area contributed by atoms with Crippen molar-refractivity contribution in [3.8, 4) is 22.5 Å². The highest BCUT2D eigenvalue weighted by Crippen LogP contribution is 2.45. The minimum atomic E-state index is -4.56. The van der Waals surface area contributed by atoms with Crippen molar-refractivity contribution in [2.24, 2.45) is 0 Å². The van der Waals surface area contributed by atoms with Crippen molar-refractivity contribution in [3.63, 3.8) is 0 Å². The summed E-state index contributed by atoms with van der Waals surface area (Å²) in [6, 6.07) is 23.7. The zero-order valence-electron chi connectivity index (χ0n) is 16.8. The maximum absolute atomic E-state index is 14.1. The summed E-state index contributed by atoms with van der Waals surface area (Å²) in [7, 11) is -4.48. The maximum Gasteiger partial charge on any atom is 0.360 e. The van der Waals surface area contributed by atoms with Crippen LogP contribution in [0.15, 0.2) is 101 Å². The third-order valence-electron chi connectivity index (χ3n) is 4.67. The van der Waals surface area contributed by atoms with Crippen molar-refractivity contribution in [3.05, 3.63) is 91.0 Å². The minimum Gasteiger partial charge on any atom is -0.221 e. The van der Waals surface area contributed by atoms with Crippen molar-refractivity contribution in [1.82, 2.24) is 8.96 Å². The molecule has 0 unspecified atom stereocenters. The van der Waals surface area contributed by atoms with Crippen LogP contribution in [-0.4, -0.2) is 29.1 Å². The lowest BCUT2D eigenvalue weighted by Gasteiger charge is -2.17. The number of halogens is 4. The zero-order valence-corrected chi connectivity index (χ0v) is 18.4. The predicted octanol–water partition coefficient (Wildman–Crippen LogP) is 6.40. The van der Waals surface area contributed by atoms with E-state index < -0.39 is 38.6 Å². The van der Waals surface area contributed by atoms with E-state index in [0.29, 0.717) is 15.1 Å². The van der Waals surface area contributed by atoms with E-state index in [4.69, 9.17) is 0 Å². The Balaban J connectivity index is 2.08. The summed E-state index contributed by atoms with van der Waals surface area (Å²) in [6.07, 6.45) is -4.02. The Morgan fingerprint density at radius 1 is 0.788 bits per heavy atom. The lowest BCUT2D eigenvalue weighted by atomic mass is 10.1. The van der Waals surface area contributed by atoms with Crippen LogP contribution in [0.2, 0.25) is 0 Å². The average Bonchev–Trinajstić information content (AvgIpc) is 3.20. The molecule has 1 aromatic heterocycles. The number of nitrogens with zero attached hydrogens (tertiary/aromatic N) is 2. The van der Waals surface area contributed by atoms with Gasteiger partial charge in [-0.3, -0.25) is 0 Å². The van der Waals surface area contributed by atoms with Crippen LogP contribution in [-0.2, 0) is 10.0 Å². The van der Waals surface area contributed by atoms with Gasteiger partial charge in [-0.2, -0.15) is 8.78 Å². The summed E-state index contributed by atoms with van der Waals surface area (Å²) >= 11 is -0.584. The molecule has 0 aliphatic carbocycles. The van der Waals surface area contributed by atoms with Gasteiger partial charge in [0.25, 0.3) is 10.0 Å². The van der Waals surface area contributed by atoms with E-state index in [0.717, 1.165) is 0 Å². The van der Waals surface area contributed by atoms with Crippen molar-refractivity contribution < 1.29 is 26.0 Å². The lowest BCUT2D eigenvalue weighted by molar-refractivity contribution is -0.0565. The molecule has 0 spiro atoms. The Bertz CT molecular complexity index is 1350. The largest absolute Gasteiger partial charge is 0.360 e. The van der Waals surface area contributed by atoms with Crippen molar-refractivity contribution >= 4 is 21.8 Å². The van der Waals surface area contributed by atoms with Crippen molar-refractivity contribution in [1.29, 1.82) is 0 Å². The fourth-order valence-corrected chi connectivity index (χ4v) is 5.62. The molecule has 0 saturated carbocycles. The first-order valence-corrected chi connectivity index (χ1v) is 11.9. The maximum atomic E-state index is 14.1.